The smallest absolute Gasteiger partial charge is 0.262 e. The molecule has 0 bridgehead atoms. The Labute approximate surface area is 193 Å². The molecule has 2 heterocycles. The van der Waals surface area contributed by atoms with Gasteiger partial charge in [0.05, 0.1) is 11.7 Å². The van der Waals surface area contributed by atoms with Crippen molar-refractivity contribution in [2.75, 3.05) is 6.54 Å². The number of amides is 2. The van der Waals surface area contributed by atoms with Crippen molar-refractivity contribution in [3.63, 3.8) is 0 Å². The quantitative estimate of drug-likeness (QED) is 0.623. The maximum absolute atomic E-state index is 13.0. The van der Waals surface area contributed by atoms with Crippen molar-refractivity contribution in [3.05, 3.63) is 27.1 Å². The van der Waals surface area contributed by atoms with Gasteiger partial charge in [-0.3, -0.25) is 19.0 Å². The maximum atomic E-state index is 13.0. The fourth-order valence-electron chi connectivity index (χ4n) is 5.05. The van der Waals surface area contributed by atoms with Gasteiger partial charge in [-0.25, -0.2) is 4.98 Å². The molecule has 32 heavy (non-hydrogen) atoms. The first-order valence-corrected chi connectivity index (χ1v) is 12.8. The lowest BCUT2D eigenvalue weighted by Crippen LogP contribution is -2.43. The Morgan fingerprint density at radius 2 is 1.97 bits per heavy atom. The van der Waals surface area contributed by atoms with Crippen LogP contribution >= 0.6 is 11.3 Å². The van der Waals surface area contributed by atoms with Gasteiger partial charge >= 0.3 is 0 Å². The fourth-order valence-corrected chi connectivity index (χ4v) is 6.27. The van der Waals surface area contributed by atoms with Gasteiger partial charge in [0.2, 0.25) is 11.8 Å². The largest absolute Gasteiger partial charge is 0.355 e. The molecule has 2 aliphatic rings. The Balaban J connectivity index is 1.25. The lowest BCUT2D eigenvalue weighted by Gasteiger charge is -2.34. The van der Waals surface area contributed by atoms with Crippen LogP contribution in [0.1, 0.15) is 69.2 Å². The number of aromatic nitrogens is 2. The number of nitrogens with one attached hydrogen (secondary N) is 2. The van der Waals surface area contributed by atoms with E-state index in [4.69, 9.17) is 0 Å². The summed E-state index contributed by atoms with van der Waals surface area (Å²) in [6, 6.07) is 0.262. The minimum absolute atomic E-state index is 0.0456. The highest BCUT2D eigenvalue weighted by molar-refractivity contribution is 7.18. The van der Waals surface area contributed by atoms with Crippen LogP contribution in [0.4, 0.5) is 0 Å². The molecule has 4 rings (SSSR count). The van der Waals surface area contributed by atoms with E-state index in [2.05, 4.69) is 29.5 Å². The first-order valence-electron chi connectivity index (χ1n) is 12.0. The standard InChI is InChI=1S/C24H34N4O3S/c1-15-7-5-9-18(16(15)2)27-20(29)11-6-12-25-21(30)13-28-14-26-23-22(24(28)31)17-8-3-4-10-19(17)32-23/h14-16,18H,3-13H2,1-2H3,(H,25,30)(H,27,29). The van der Waals surface area contributed by atoms with Crippen LogP contribution in [0, 0.1) is 11.8 Å². The van der Waals surface area contributed by atoms with Crippen molar-refractivity contribution in [3.8, 4) is 0 Å². The Morgan fingerprint density at radius 3 is 2.81 bits per heavy atom. The predicted molar refractivity (Wildman–Crippen MR) is 127 cm³/mol. The van der Waals surface area contributed by atoms with Gasteiger partial charge in [-0.15, -0.1) is 11.3 Å². The molecule has 2 aliphatic carbocycles. The molecular formula is C24H34N4O3S. The van der Waals surface area contributed by atoms with E-state index in [1.54, 1.807) is 11.3 Å². The third-order valence-electron chi connectivity index (χ3n) is 7.21. The van der Waals surface area contributed by atoms with E-state index in [1.807, 2.05) is 0 Å². The number of thiophene rings is 1. The average Bonchev–Trinajstić information content (AvgIpc) is 3.16. The van der Waals surface area contributed by atoms with Crippen molar-refractivity contribution in [1.82, 2.24) is 20.2 Å². The van der Waals surface area contributed by atoms with Gasteiger partial charge in [-0.05, 0) is 55.9 Å². The molecule has 0 saturated heterocycles. The van der Waals surface area contributed by atoms with E-state index in [-0.39, 0.29) is 30.0 Å². The zero-order chi connectivity index (χ0) is 22.7. The Morgan fingerprint density at radius 1 is 1.16 bits per heavy atom. The zero-order valence-corrected chi connectivity index (χ0v) is 19.9. The molecule has 2 aromatic heterocycles. The second kappa shape index (κ2) is 10.1. The molecule has 174 valence electrons. The molecule has 7 nitrogen and oxygen atoms in total. The van der Waals surface area contributed by atoms with Gasteiger partial charge < -0.3 is 10.6 Å². The second-order valence-corrected chi connectivity index (χ2v) is 10.5. The van der Waals surface area contributed by atoms with Crippen LogP contribution in [0.2, 0.25) is 0 Å². The van der Waals surface area contributed by atoms with Crippen molar-refractivity contribution in [2.24, 2.45) is 11.8 Å². The highest BCUT2D eigenvalue weighted by atomic mass is 32.1. The second-order valence-electron chi connectivity index (χ2n) is 9.46. The molecule has 0 radical (unpaired) electrons. The van der Waals surface area contributed by atoms with E-state index in [9.17, 15) is 14.4 Å². The number of carbonyl (C=O) groups is 2. The first kappa shape index (κ1) is 23.0. The minimum atomic E-state index is -0.229. The Hall–Kier alpha value is -2.22. The molecule has 2 N–H and O–H groups in total. The molecule has 3 unspecified atom stereocenters. The highest BCUT2D eigenvalue weighted by Crippen LogP contribution is 2.33. The van der Waals surface area contributed by atoms with Crippen LogP contribution in [0.15, 0.2) is 11.1 Å². The van der Waals surface area contributed by atoms with Crippen LogP contribution in [0.5, 0.6) is 0 Å². The third kappa shape index (κ3) is 5.05. The number of rotatable bonds is 7. The van der Waals surface area contributed by atoms with Crippen LogP contribution in [0.25, 0.3) is 10.2 Å². The molecule has 0 aromatic carbocycles. The topological polar surface area (TPSA) is 93.1 Å². The summed E-state index contributed by atoms with van der Waals surface area (Å²) in [5.41, 5.74) is 1.01. The normalized spacial score (nSPS) is 23.0. The Bertz CT molecular complexity index is 1040. The summed E-state index contributed by atoms with van der Waals surface area (Å²) in [7, 11) is 0. The molecule has 0 aliphatic heterocycles. The van der Waals surface area contributed by atoms with E-state index in [0.29, 0.717) is 36.6 Å². The molecule has 2 aromatic rings. The molecule has 8 heteroatoms. The van der Waals surface area contributed by atoms with E-state index in [1.165, 1.54) is 28.6 Å². The summed E-state index contributed by atoms with van der Waals surface area (Å²) < 4.78 is 1.40. The van der Waals surface area contributed by atoms with Crippen molar-refractivity contribution >= 4 is 33.4 Å². The summed E-state index contributed by atoms with van der Waals surface area (Å²) in [6.45, 7) is 4.84. The lowest BCUT2D eigenvalue weighted by atomic mass is 9.78. The zero-order valence-electron chi connectivity index (χ0n) is 19.1. The van der Waals surface area contributed by atoms with Gasteiger partial charge in [0.25, 0.3) is 5.56 Å². The van der Waals surface area contributed by atoms with Crippen molar-refractivity contribution < 1.29 is 9.59 Å². The predicted octanol–water partition coefficient (Wildman–Crippen LogP) is 3.17. The highest BCUT2D eigenvalue weighted by Gasteiger charge is 2.28. The molecule has 0 spiro atoms. The molecule has 1 fully saturated rings. The number of nitrogens with zero attached hydrogens (tertiary/aromatic N) is 2. The molecular weight excluding hydrogens is 424 g/mol. The Kier molecular flexibility index (Phi) is 7.28. The lowest BCUT2D eigenvalue weighted by molar-refractivity contribution is -0.124. The first-order chi connectivity index (χ1) is 15.4. The minimum Gasteiger partial charge on any atom is -0.355 e. The number of hydrogen-bond donors (Lipinski definition) is 2. The maximum Gasteiger partial charge on any atom is 0.262 e. The van der Waals surface area contributed by atoms with Gasteiger partial charge in [0.15, 0.2) is 0 Å². The number of aryl methyl sites for hydroxylation is 2. The van der Waals surface area contributed by atoms with Gasteiger partial charge in [0.1, 0.15) is 11.4 Å². The summed E-state index contributed by atoms with van der Waals surface area (Å²) in [5.74, 6) is 0.973. The van der Waals surface area contributed by atoms with Gasteiger partial charge in [-0.2, -0.15) is 0 Å². The van der Waals surface area contributed by atoms with Crippen molar-refractivity contribution in [1.29, 1.82) is 0 Å². The summed E-state index contributed by atoms with van der Waals surface area (Å²) in [4.78, 5) is 44.1. The molecule has 1 saturated carbocycles. The van der Waals surface area contributed by atoms with E-state index in [0.717, 1.165) is 42.5 Å². The van der Waals surface area contributed by atoms with Gasteiger partial charge in [-0.1, -0.05) is 26.7 Å². The SMILES string of the molecule is CC1CCCC(NC(=O)CCCNC(=O)Cn2cnc3sc4c(c3c2=O)CCCC4)C1C. The van der Waals surface area contributed by atoms with Crippen LogP contribution in [-0.4, -0.2) is 34.0 Å². The van der Waals surface area contributed by atoms with Crippen LogP contribution in [0.3, 0.4) is 0 Å². The number of fused-ring (bicyclic) bond motifs is 3. The van der Waals surface area contributed by atoms with E-state index >= 15 is 0 Å². The summed E-state index contributed by atoms with van der Waals surface area (Å²) in [6.07, 6.45) is 10.1. The molecule has 2 amide bonds. The summed E-state index contributed by atoms with van der Waals surface area (Å²) >= 11 is 1.61. The molecule has 3 atom stereocenters. The van der Waals surface area contributed by atoms with E-state index < -0.39 is 0 Å². The summed E-state index contributed by atoms with van der Waals surface area (Å²) in [5, 5.41) is 6.70. The van der Waals surface area contributed by atoms with Crippen molar-refractivity contribution in [2.45, 2.75) is 84.2 Å². The average molecular weight is 459 g/mol. The third-order valence-corrected chi connectivity index (χ3v) is 8.41. The number of carbonyl (C=O) groups excluding carboxylic acids is 2. The number of hydrogen-bond acceptors (Lipinski definition) is 5. The monoisotopic (exact) mass is 458 g/mol. The van der Waals surface area contributed by atoms with Crippen LogP contribution < -0.4 is 16.2 Å². The van der Waals surface area contributed by atoms with Crippen LogP contribution in [-0.2, 0) is 29.0 Å². The fraction of sp³-hybridized carbons (Fsp3) is 0.667. The van der Waals surface area contributed by atoms with Gasteiger partial charge in [0, 0.05) is 23.9 Å².